The summed E-state index contributed by atoms with van der Waals surface area (Å²) < 4.78 is 17.0. The Morgan fingerprint density at radius 1 is 0.938 bits per heavy atom. The number of carbonyl (C=O) groups is 1. The number of ether oxygens (including phenoxy) is 3. The minimum atomic E-state index is -0.462. The first kappa shape index (κ1) is 20.6. The van der Waals surface area contributed by atoms with Crippen LogP contribution >= 0.6 is 0 Å². The summed E-state index contributed by atoms with van der Waals surface area (Å²) in [6.07, 6.45) is 0.180. The molecule has 1 fully saturated rings. The third-order valence-corrected chi connectivity index (χ3v) is 6.17. The van der Waals surface area contributed by atoms with E-state index in [4.69, 9.17) is 14.2 Å². The van der Waals surface area contributed by atoms with E-state index in [-0.39, 0.29) is 5.91 Å². The molecule has 166 valence electrons. The monoisotopic (exact) mass is 432 g/mol. The molecule has 0 saturated carbocycles. The second kappa shape index (κ2) is 9.09. The Morgan fingerprint density at radius 3 is 2.53 bits per heavy atom. The van der Waals surface area contributed by atoms with Crippen molar-refractivity contribution in [3.05, 3.63) is 66.2 Å². The summed E-state index contributed by atoms with van der Waals surface area (Å²) in [5.41, 5.74) is 1.19. The number of rotatable bonds is 6. The van der Waals surface area contributed by atoms with Crippen molar-refractivity contribution in [2.24, 2.45) is 0 Å². The maximum atomic E-state index is 13.1. The van der Waals surface area contributed by atoms with Gasteiger partial charge in [-0.1, -0.05) is 43.3 Å². The number of fused-ring (bicyclic) bond motifs is 2. The van der Waals surface area contributed by atoms with E-state index < -0.39 is 6.10 Å². The molecule has 2 heterocycles. The van der Waals surface area contributed by atoms with E-state index in [1.807, 2.05) is 54.3 Å². The van der Waals surface area contributed by atoms with E-state index in [0.29, 0.717) is 26.3 Å². The zero-order valence-electron chi connectivity index (χ0n) is 18.3. The van der Waals surface area contributed by atoms with Gasteiger partial charge < -0.3 is 19.1 Å². The second-order valence-corrected chi connectivity index (χ2v) is 8.31. The lowest BCUT2D eigenvalue weighted by atomic mass is 10.1. The third kappa shape index (κ3) is 4.36. The van der Waals surface area contributed by atoms with Crippen LogP contribution in [0.25, 0.3) is 10.8 Å². The highest BCUT2D eigenvalue weighted by Gasteiger charge is 2.28. The molecular formula is C26H28N2O4. The SMILES string of the molecule is CC[C@@H](Oc1ccc2ccccc2c1)C(=O)N1CCN(Cc2ccc3c(c2)OCO3)CC1. The number of nitrogens with zero attached hydrogens (tertiary/aromatic N) is 2. The molecule has 3 aromatic rings. The average molecular weight is 433 g/mol. The van der Waals surface area contributed by atoms with Crippen LogP contribution in [-0.4, -0.2) is 54.8 Å². The summed E-state index contributed by atoms with van der Waals surface area (Å²) in [6, 6.07) is 20.3. The Kier molecular flexibility index (Phi) is 5.86. The zero-order chi connectivity index (χ0) is 21.9. The Balaban J connectivity index is 1.17. The van der Waals surface area contributed by atoms with Crippen LogP contribution in [0.5, 0.6) is 17.2 Å². The molecule has 0 unspecified atom stereocenters. The lowest BCUT2D eigenvalue weighted by molar-refractivity contribution is -0.140. The molecule has 2 aliphatic heterocycles. The largest absolute Gasteiger partial charge is 0.481 e. The van der Waals surface area contributed by atoms with Gasteiger partial charge in [0.05, 0.1) is 0 Å². The van der Waals surface area contributed by atoms with Crippen molar-refractivity contribution in [1.82, 2.24) is 9.80 Å². The first-order chi connectivity index (χ1) is 15.7. The minimum absolute atomic E-state index is 0.0726. The summed E-state index contributed by atoms with van der Waals surface area (Å²) in [7, 11) is 0. The molecule has 0 aromatic heterocycles. The zero-order valence-corrected chi connectivity index (χ0v) is 18.3. The van der Waals surface area contributed by atoms with E-state index in [1.165, 1.54) is 5.56 Å². The summed E-state index contributed by atoms with van der Waals surface area (Å²) in [6.45, 7) is 6.23. The van der Waals surface area contributed by atoms with Gasteiger partial charge in [0, 0.05) is 32.7 Å². The first-order valence-electron chi connectivity index (χ1n) is 11.2. The Hall–Kier alpha value is -3.25. The van der Waals surface area contributed by atoms with Gasteiger partial charge in [-0.2, -0.15) is 0 Å². The van der Waals surface area contributed by atoms with Gasteiger partial charge in [-0.3, -0.25) is 9.69 Å². The van der Waals surface area contributed by atoms with Gasteiger partial charge in [0.1, 0.15) is 5.75 Å². The number of hydrogen-bond donors (Lipinski definition) is 0. The number of hydrogen-bond acceptors (Lipinski definition) is 5. The fraction of sp³-hybridized carbons (Fsp3) is 0.346. The molecule has 1 saturated heterocycles. The van der Waals surface area contributed by atoms with Crippen LogP contribution in [-0.2, 0) is 11.3 Å². The van der Waals surface area contributed by atoms with E-state index in [9.17, 15) is 4.79 Å². The molecule has 2 aliphatic rings. The van der Waals surface area contributed by atoms with Crippen LogP contribution in [0, 0.1) is 0 Å². The lowest BCUT2D eigenvalue weighted by Crippen LogP contribution is -2.52. The van der Waals surface area contributed by atoms with Crippen LogP contribution in [0.3, 0.4) is 0 Å². The highest BCUT2D eigenvalue weighted by Crippen LogP contribution is 2.33. The molecule has 6 heteroatoms. The molecule has 0 N–H and O–H groups in total. The van der Waals surface area contributed by atoms with Crippen molar-refractivity contribution in [1.29, 1.82) is 0 Å². The fourth-order valence-electron chi connectivity index (χ4n) is 4.34. The van der Waals surface area contributed by atoms with Crippen molar-refractivity contribution in [3.63, 3.8) is 0 Å². The van der Waals surface area contributed by atoms with Crippen molar-refractivity contribution in [2.45, 2.75) is 26.0 Å². The van der Waals surface area contributed by atoms with Gasteiger partial charge in [0.2, 0.25) is 6.79 Å². The molecular weight excluding hydrogens is 404 g/mol. The summed E-state index contributed by atoms with van der Waals surface area (Å²) in [4.78, 5) is 17.4. The van der Waals surface area contributed by atoms with Crippen molar-refractivity contribution < 1.29 is 19.0 Å². The predicted octanol–water partition coefficient (Wildman–Crippen LogP) is 4.07. The van der Waals surface area contributed by atoms with Gasteiger partial charge in [-0.15, -0.1) is 0 Å². The Bertz CT molecular complexity index is 1110. The fourth-order valence-corrected chi connectivity index (χ4v) is 4.34. The quantitative estimate of drug-likeness (QED) is 0.588. The molecule has 0 spiro atoms. The normalized spacial score (nSPS) is 16.8. The molecule has 0 radical (unpaired) electrons. The maximum absolute atomic E-state index is 13.1. The molecule has 5 rings (SSSR count). The summed E-state index contributed by atoms with van der Waals surface area (Å²) in [5, 5.41) is 2.28. The van der Waals surface area contributed by atoms with Crippen LogP contribution in [0.15, 0.2) is 60.7 Å². The van der Waals surface area contributed by atoms with Gasteiger partial charge in [-0.05, 0) is 47.0 Å². The molecule has 0 aliphatic carbocycles. The van der Waals surface area contributed by atoms with Crippen molar-refractivity contribution >= 4 is 16.7 Å². The second-order valence-electron chi connectivity index (χ2n) is 8.31. The standard InChI is InChI=1S/C26H28N2O4/c1-2-23(32-22-9-8-20-5-3-4-6-21(20)16-22)26(29)28-13-11-27(12-14-28)17-19-7-10-24-25(15-19)31-18-30-24/h3-10,15-16,23H,2,11-14,17-18H2,1H3/t23-/m1/s1. The predicted molar refractivity (Wildman–Crippen MR) is 123 cm³/mol. The number of piperazine rings is 1. The smallest absolute Gasteiger partial charge is 0.263 e. The van der Waals surface area contributed by atoms with Crippen molar-refractivity contribution in [3.8, 4) is 17.2 Å². The molecule has 3 aromatic carbocycles. The maximum Gasteiger partial charge on any atom is 0.263 e. The lowest BCUT2D eigenvalue weighted by Gasteiger charge is -2.36. The Labute approximate surface area is 188 Å². The van der Waals surface area contributed by atoms with Gasteiger partial charge in [-0.25, -0.2) is 0 Å². The number of amides is 1. The molecule has 6 nitrogen and oxygen atoms in total. The molecule has 1 amide bonds. The van der Waals surface area contributed by atoms with Gasteiger partial charge in [0.15, 0.2) is 17.6 Å². The Morgan fingerprint density at radius 2 is 1.72 bits per heavy atom. The van der Waals surface area contributed by atoms with Gasteiger partial charge in [0.25, 0.3) is 5.91 Å². The van der Waals surface area contributed by atoms with Gasteiger partial charge >= 0.3 is 0 Å². The first-order valence-corrected chi connectivity index (χ1v) is 11.2. The third-order valence-electron chi connectivity index (χ3n) is 6.17. The highest BCUT2D eigenvalue weighted by atomic mass is 16.7. The van der Waals surface area contributed by atoms with Crippen LogP contribution in [0.4, 0.5) is 0 Å². The van der Waals surface area contributed by atoms with E-state index in [1.54, 1.807) is 0 Å². The van der Waals surface area contributed by atoms with Crippen molar-refractivity contribution in [2.75, 3.05) is 33.0 Å². The minimum Gasteiger partial charge on any atom is -0.481 e. The average Bonchev–Trinajstić information content (AvgIpc) is 3.30. The van der Waals surface area contributed by atoms with E-state index in [2.05, 4.69) is 23.1 Å². The highest BCUT2D eigenvalue weighted by molar-refractivity contribution is 5.84. The van der Waals surface area contributed by atoms with Crippen LogP contribution in [0.1, 0.15) is 18.9 Å². The van der Waals surface area contributed by atoms with E-state index in [0.717, 1.165) is 47.7 Å². The molecule has 32 heavy (non-hydrogen) atoms. The molecule has 0 bridgehead atoms. The van der Waals surface area contributed by atoms with Crippen LogP contribution in [0.2, 0.25) is 0 Å². The topological polar surface area (TPSA) is 51.2 Å². The molecule has 1 atom stereocenters. The summed E-state index contributed by atoms with van der Waals surface area (Å²) >= 11 is 0. The van der Waals surface area contributed by atoms with E-state index >= 15 is 0 Å². The van der Waals surface area contributed by atoms with Crippen LogP contribution < -0.4 is 14.2 Å². The number of carbonyl (C=O) groups excluding carboxylic acids is 1. The number of benzene rings is 3. The summed E-state index contributed by atoms with van der Waals surface area (Å²) in [5.74, 6) is 2.43.